The smallest absolute Gasteiger partial charge is 0.326 e. The summed E-state index contributed by atoms with van der Waals surface area (Å²) in [5.74, 6) is 0.370. The van der Waals surface area contributed by atoms with Crippen LogP contribution in [0.1, 0.15) is 75.3 Å². The Hall–Kier alpha value is -4.34. The third-order valence-electron chi connectivity index (χ3n) is 10.4. The van der Waals surface area contributed by atoms with Crippen LogP contribution in [0.2, 0.25) is 0 Å². The van der Waals surface area contributed by atoms with Crippen LogP contribution >= 0.6 is 0 Å². The summed E-state index contributed by atoms with van der Waals surface area (Å²) in [6, 6.07) is 14.8. The molecule has 47 heavy (non-hydrogen) atoms. The Bertz CT molecular complexity index is 1530. The Morgan fingerprint density at radius 1 is 0.809 bits per heavy atom. The zero-order chi connectivity index (χ0) is 32.8. The van der Waals surface area contributed by atoms with E-state index in [-0.39, 0.29) is 36.7 Å². The van der Waals surface area contributed by atoms with E-state index in [0.29, 0.717) is 13.0 Å². The van der Waals surface area contributed by atoms with Crippen molar-refractivity contribution in [1.82, 2.24) is 26.3 Å². The molecule has 1 heterocycles. The van der Waals surface area contributed by atoms with E-state index in [4.69, 9.17) is 0 Å². The maximum Gasteiger partial charge on any atom is 0.326 e. The average Bonchev–Trinajstić information content (AvgIpc) is 3.44. The van der Waals surface area contributed by atoms with Gasteiger partial charge in [-0.3, -0.25) is 9.59 Å². The number of hydrogen-bond acceptors (Lipinski definition) is 4. The van der Waals surface area contributed by atoms with E-state index < -0.39 is 24.0 Å². The molecule has 4 fully saturated rings. The van der Waals surface area contributed by atoms with Crippen molar-refractivity contribution in [3.05, 3.63) is 71.9 Å². The summed E-state index contributed by atoms with van der Waals surface area (Å²) in [5.41, 5.74) is 2.52. The maximum atomic E-state index is 13.5. The van der Waals surface area contributed by atoms with E-state index in [1.54, 1.807) is 6.20 Å². The molecule has 4 amide bonds. The first-order chi connectivity index (χ1) is 22.7. The van der Waals surface area contributed by atoms with E-state index in [2.05, 4.69) is 26.3 Å². The number of nitrogens with one attached hydrogen (secondary N) is 5. The lowest BCUT2D eigenvalue weighted by Crippen LogP contribution is -2.61. The van der Waals surface area contributed by atoms with Crippen molar-refractivity contribution in [3.8, 4) is 0 Å². The fourth-order valence-electron chi connectivity index (χ4n) is 8.66. The van der Waals surface area contributed by atoms with Crippen molar-refractivity contribution in [2.45, 2.75) is 94.7 Å². The van der Waals surface area contributed by atoms with Crippen LogP contribution < -0.4 is 21.3 Å². The van der Waals surface area contributed by atoms with Gasteiger partial charge < -0.3 is 31.4 Å². The highest BCUT2D eigenvalue weighted by Gasteiger charge is 2.51. The van der Waals surface area contributed by atoms with Crippen LogP contribution in [0.3, 0.4) is 0 Å². The van der Waals surface area contributed by atoms with Gasteiger partial charge in [-0.2, -0.15) is 0 Å². The summed E-state index contributed by atoms with van der Waals surface area (Å²) in [6.07, 6.45) is 11.8. The highest BCUT2D eigenvalue weighted by Crippen LogP contribution is 2.55. The normalized spacial score (nSPS) is 24.0. The van der Waals surface area contributed by atoms with E-state index in [0.717, 1.165) is 71.9 Å². The van der Waals surface area contributed by atoms with Crippen LogP contribution in [-0.4, -0.2) is 58.1 Å². The van der Waals surface area contributed by atoms with E-state index in [9.17, 15) is 24.3 Å². The molecule has 4 aliphatic carbocycles. The first-order valence-electron chi connectivity index (χ1n) is 17.2. The van der Waals surface area contributed by atoms with E-state index in [1.165, 1.54) is 19.3 Å². The third-order valence-corrected chi connectivity index (χ3v) is 10.4. The van der Waals surface area contributed by atoms with E-state index in [1.807, 2.05) is 54.6 Å². The topological polar surface area (TPSA) is 152 Å². The Morgan fingerprint density at radius 3 is 2.19 bits per heavy atom. The monoisotopic (exact) mass is 641 g/mol. The molecular formula is C37H47N5O5. The van der Waals surface area contributed by atoms with Crippen molar-refractivity contribution >= 4 is 34.7 Å². The van der Waals surface area contributed by atoms with Crippen molar-refractivity contribution in [2.24, 2.45) is 17.8 Å². The largest absolute Gasteiger partial charge is 0.480 e. The van der Waals surface area contributed by atoms with Crippen molar-refractivity contribution in [2.75, 3.05) is 6.54 Å². The second-order valence-electron chi connectivity index (χ2n) is 14.2. The van der Waals surface area contributed by atoms with Gasteiger partial charge >= 0.3 is 12.0 Å². The molecule has 0 saturated heterocycles. The number of carbonyl (C=O) groups excluding carboxylic acids is 3. The number of para-hydroxylation sites is 1. The number of benzene rings is 2. The van der Waals surface area contributed by atoms with Gasteiger partial charge in [-0.1, -0.05) is 55.0 Å². The molecular weight excluding hydrogens is 594 g/mol. The van der Waals surface area contributed by atoms with Gasteiger partial charge in [-0.25, -0.2) is 9.59 Å². The van der Waals surface area contributed by atoms with Gasteiger partial charge in [0.25, 0.3) is 0 Å². The number of hydrogen-bond donors (Lipinski definition) is 6. The molecule has 0 unspecified atom stereocenters. The summed E-state index contributed by atoms with van der Waals surface area (Å²) in [6.45, 7) is 0.547. The quantitative estimate of drug-likeness (QED) is 0.131. The predicted octanol–water partition coefficient (Wildman–Crippen LogP) is 4.84. The van der Waals surface area contributed by atoms with Crippen LogP contribution in [0.5, 0.6) is 0 Å². The Labute approximate surface area is 275 Å². The average molecular weight is 642 g/mol. The molecule has 6 N–H and O–H groups in total. The molecule has 3 aromatic rings. The molecule has 4 saturated carbocycles. The molecule has 250 valence electrons. The zero-order valence-electron chi connectivity index (χ0n) is 26.9. The van der Waals surface area contributed by atoms with Crippen LogP contribution in [0.4, 0.5) is 4.79 Å². The molecule has 2 atom stereocenters. The third kappa shape index (κ3) is 8.34. The Balaban J connectivity index is 0.957. The molecule has 10 nitrogen and oxygen atoms in total. The van der Waals surface area contributed by atoms with Crippen molar-refractivity contribution in [3.63, 3.8) is 0 Å². The first-order valence-corrected chi connectivity index (χ1v) is 17.2. The standard InChI is InChI=1S/C37H47N5O5/c43-33(13-5-2-8-14-38-36(47)42-37-20-25-15-26(21-37)17-27(16-25)22-37)40-31(18-24-9-3-1-4-10-24)34(44)41-32(35(45)46)19-28-23-39-30-12-7-6-11-29(28)30/h1,3-4,6-7,9-12,23,25-27,31-32,39H,2,5,8,13-22H2,(H,40,43)(H,41,44)(H,45,46)(H2,38,42,47)/t25?,26?,27?,31-,32-,37?/m0/s1. The second kappa shape index (κ2) is 14.6. The highest BCUT2D eigenvalue weighted by molar-refractivity contribution is 5.91. The highest BCUT2D eigenvalue weighted by atomic mass is 16.4. The number of aromatic nitrogens is 1. The first kappa shape index (κ1) is 32.6. The number of fused-ring (bicyclic) bond motifs is 1. The Morgan fingerprint density at radius 2 is 1.49 bits per heavy atom. The van der Waals surface area contributed by atoms with Gasteiger partial charge in [0.2, 0.25) is 11.8 Å². The summed E-state index contributed by atoms with van der Waals surface area (Å²) in [7, 11) is 0. The molecule has 0 radical (unpaired) electrons. The van der Waals surface area contributed by atoms with Crippen LogP contribution in [-0.2, 0) is 27.2 Å². The number of aliphatic carboxylic acids is 1. The molecule has 10 heteroatoms. The molecule has 1 aromatic heterocycles. The molecule has 4 aliphatic rings. The predicted molar refractivity (Wildman–Crippen MR) is 180 cm³/mol. The molecule has 0 aliphatic heterocycles. The lowest BCUT2D eigenvalue weighted by Gasteiger charge is -2.56. The SMILES string of the molecule is O=C(CCCCCNC(=O)NC12CC3CC(CC(C3)C1)C2)N[C@@H](Cc1ccccc1)C(=O)N[C@@H](Cc1c[nH]c2ccccc12)C(=O)O. The zero-order valence-corrected chi connectivity index (χ0v) is 26.9. The van der Waals surface area contributed by atoms with Gasteiger partial charge in [0.05, 0.1) is 0 Å². The van der Waals surface area contributed by atoms with Gasteiger partial charge in [0.1, 0.15) is 12.1 Å². The lowest BCUT2D eigenvalue weighted by atomic mass is 9.53. The summed E-state index contributed by atoms with van der Waals surface area (Å²) >= 11 is 0. The minimum atomic E-state index is -1.16. The number of carboxylic acid groups (broad SMARTS) is 1. The van der Waals surface area contributed by atoms with Crippen molar-refractivity contribution in [1.29, 1.82) is 0 Å². The minimum Gasteiger partial charge on any atom is -0.480 e. The molecule has 0 spiro atoms. The second-order valence-corrected chi connectivity index (χ2v) is 14.2. The van der Waals surface area contributed by atoms with E-state index >= 15 is 0 Å². The molecule has 2 aromatic carbocycles. The number of urea groups is 1. The number of carboxylic acids is 1. The summed E-state index contributed by atoms with van der Waals surface area (Å²) in [4.78, 5) is 54.5. The van der Waals surface area contributed by atoms with Crippen LogP contribution in [0.25, 0.3) is 10.9 Å². The fraction of sp³-hybridized carbons (Fsp3) is 0.514. The minimum absolute atomic E-state index is 0.0135. The molecule has 7 rings (SSSR count). The number of unbranched alkanes of at least 4 members (excludes halogenated alkanes) is 2. The van der Waals surface area contributed by atoms with Crippen LogP contribution in [0.15, 0.2) is 60.8 Å². The van der Waals surface area contributed by atoms with Gasteiger partial charge in [0, 0.05) is 48.4 Å². The fourth-order valence-corrected chi connectivity index (χ4v) is 8.66. The van der Waals surface area contributed by atoms with Gasteiger partial charge in [0.15, 0.2) is 0 Å². The maximum absolute atomic E-state index is 13.5. The lowest BCUT2D eigenvalue weighted by molar-refractivity contribution is -0.142. The number of amides is 4. The summed E-state index contributed by atoms with van der Waals surface area (Å²) in [5, 5.41) is 22.7. The number of aromatic amines is 1. The number of H-pyrrole nitrogens is 1. The van der Waals surface area contributed by atoms with Gasteiger partial charge in [-0.05, 0) is 86.3 Å². The van der Waals surface area contributed by atoms with Crippen molar-refractivity contribution < 1.29 is 24.3 Å². The van der Waals surface area contributed by atoms with Crippen LogP contribution in [0, 0.1) is 17.8 Å². The Kier molecular flexibility index (Phi) is 10.1. The number of carbonyl (C=O) groups is 4. The van der Waals surface area contributed by atoms with Gasteiger partial charge in [-0.15, -0.1) is 0 Å². The number of rotatable bonds is 15. The molecule has 4 bridgehead atoms. The summed E-state index contributed by atoms with van der Waals surface area (Å²) < 4.78 is 0.